The van der Waals surface area contributed by atoms with Gasteiger partial charge in [-0.05, 0) is 26.8 Å². The van der Waals surface area contributed by atoms with Gasteiger partial charge in [0.1, 0.15) is 0 Å². The van der Waals surface area contributed by atoms with Crippen molar-refractivity contribution >= 4 is 0 Å². The summed E-state index contributed by atoms with van der Waals surface area (Å²) in [4.78, 5) is 2.24. The van der Waals surface area contributed by atoms with Crippen molar-refractivity contribution in [3.8, 4) is 0 Å². The Morgan fingerprint density at radius 3 is 2.60 bits per heavy atom. The quantitative estimate of drug-likeness (QED) is 0.717. The molecule has 4 unspecified atom stereocenters. The minimum atomic E-state index is -0.253. The summed E-state index contributed by atoms with van der Waals surface area (Å²) >= 11 is 0. The number of hydrogen-bond donors (Lipinski definition) is 1. The molecule has 0 radical (unpaired) electrons. The fraction of sp³-hybridized carbons (Fsp3) is 1.00. The van der Waals surface area contributed by atoms with E-state index in [1.54, 1.807) is 0 Å². The van der Waals surface area contributed by atoms with E-state index in [9.17, 15) is 5.11 Å². The molecule has 2 aliphatic heterocycles. The van der Waals surface area contributed by atoms with E-state index >= 15 is 0 Å². The summed E-state index contributed by atoms with van der Waals surface area (Å²) < 4.78 is 11.0. The maximum atomic E-state index is 9.92. The van der Waals surface area contributed by atoms with Gasteiger partial charge in [-0.15, -0.1) is 0 Å². The van der Waals surface area contributed by atoms with Gasteiger partial charge in [0.25, 0.3) is 0 Å². The first kappa shape index (κ1) is 11.3. The molecule has 0 amide bonds. The summed E-state index contributed by atoms with van der Waals surface area (Å²) in [6, 6.07) is 0.555. The fourth-order valence-electron chi connectivity index (χ4n) is 2.60. The molecule has 2 saturated heterocycles. The van der Waals surface area contributed by atoms with Crippen molar-refractivity contribution in [3.63, 3.8) is 0 Å². The smallest absolute Gasteiger partial charge is 0.0739 e. The zero-order valence-corrected chi connectivity index (χ0v) is 9.56. The Balaban J connectivity index is 1.96. The highest BCUT2D eigenvalue weighted by Gasteiger charge is 2.36. The molecule has 4 heteroatoms. The molecular weight excluding hydrogens is 194 g/mol. The third-order valence-electron chi connectivity index (χ3n) is 3.67. The van der Waals surface area contributed by atoms with Gasteiger partial charge in [-0.2, -0.15) is 0 Å². The van der Waals surface area contributed by atoms with Crippen LogP contribution in [0.3, 0.4) is 0 Å². The predicted molar refractivity (Wildman–Crippen MR) is 56.8 cm³/mol. The Bertz CT molecular complexity index is 212. The van der Waals surface area contributed by atoms with Gasteiger partial charge >= 0.3 is 0 Å². The van der Waals surface area contributed by atoms with Crippen LogP contribution in [0.2, 0.25) is 0 Å². The van der Waals surface area contributed by atoms with Crippen molar-refractivity contribution in [1.82, 2.24) is 4.90 Å². The normalized spacial score (nSPS) is 42.4. The molecule has 0 spiro atoms. The van der Waals surface area contributed by atoms with Crippen LogP contribution in [0.5, 0.6) is 0 Å². The predicted octanol–water partition coefficient (Wildman–Crippen LogP) is 0.245. The van der Waals surface area contributed by atoms with E-state index in [2.05, 4.69) is 18.9 Å². The van der Waals surface area contributed by atoms with Crippen molar-refractivity contribution < 1.29 is 14.6 Å². The van der Waals surface area contributed by atoms with Crippen molar-refractivity contribution in [2.75, 3.05) is 26.9 Å². The first-order valence-corrected chi connectivity index (χ1v) is 5.79. The van der Waals surface area contributed by atoms with E-state index in [0.29, 0.717) is 19.3 Å². The molecule has 1 N–H and O–H groups in total. The number of nitrogens with zero attached hydrogens (tertiary/aromatic N) is 1. The Hall–Kier alpha value is -0.160. The molecule has 4 nitrogen and oxygen atoms in total. The second-order valence-electron chi connectivity index (χ2n) is 4.60. The molecule has 0 aromatic carbocycles. The number of rotatable bonds is 2. The highest BCUT2D eigenvalue weighted by Crippen LogP contribution is 2.23. The van der Waals surface area contributed by atoms with E-state index < -0.39 is 0 Å². The van der Waals surface area contributed by atoms with Crippen LogP contribution in [0.15, 0.2) is 0 Å². The van der Waals surface area contributed by atoms with Crippen LogP contribution in [-0.4, -0.2) is 61.2 Å². The lowest BCUT2D eigenvalue weighted by atomic mass is 10.0. The Labute approximate surface area is 91.2 Å². The van der Waals surface area contributed by atoms with Gasteiger partial charge < -0.3 is 14.6 Å². The van der Waals surface area contributed by atoms with Gasteiger partial charge in [0.2, 0.25) is 0 Å². The van der Waals surface area contributed by atoms with Crippen LogP contribution in [0.1, 0.15) is 19.8 Å². The summed E-state index contributed by atoms with van der Waals surface area (Å²) in [7, 11) is 2.07. The molecule has 4 atom stereocenters. The molecule has 0 aromatic heterocycles. The monoisotopic (exact) mass is 215 g/mol. The topological polar surface area (TPSA) is 41.9 Å². The first-order chi connectivity index (χ1) is 7.20. The molecule has 88 valence electrons. The molecular formula is C11H21NO3. The molecule has 0 bridgehead atoms. The number of aliphatic hydroxyl groups is 1. The second-order valence-corrected chi connectivity index (χ2v) is 4.60. The maximum Gasteiger partial charge on any atom is 0.0739 e. The molecule has 2 heterocycles. The lowest BCUT2D eigenvalue weighted by Crippen LogP contribution is -2.53. The zero-order chi connectivity index (χ0) is 10.8. The summed E-state index contributed by atoms with van der Waals surface area (Å²) in [5.74, 6) is 0. The molecule has 2 rings (SSSR count). The largest absolute Gasteiger partial charge is 0.391 e. The van der Waals surface area contributed by atoms with Gasteiger partial charge in [-0.3, -0.25) is 4.90 Å². The molecule has 0 aliphatic carbocycles. The lowest BCUT2D eigenvalue weighted by molar-refractivity contribution is -0.0711. The fourth-order valence-corrected chi connectivity index (χ4v) is 2.60. The highest BCUT2D eigenvalue weighted by atomic mass is 16.5. The summed E-state index contributed by atoms with van der Waals surface area (Å²) in [6.07, 6.45) is 1.82. The van der Waals surface area contributed by atoms with E-state index in [1.807, 2.05) is 0 Å². The van der Waals surface area contributed by atoms with Crippen LogP contribution in [-0.2, 0) is 9.47 Å². The van der Waals surface area contributed by atoms with E-state index in [1.165, 1.54) is 0 Å². The standard InChI is InChI=1S/C11H21NO3/c1-8-9(3-6-15-8)12(2)10-7-14-5-4-11(10)13/h8-11,13H,3-7H2,1-2H3. The van der Waals surface area contributed by atoms with E-state index in [4.69, 9.17) is 9.47 Å². The van der Waals surface area contributed by atoms with E-state index in [0.717, 1.165) is 19.4 Å². The van der Waals surface area contributed by atoms with Gasteiger partial charge in [0, 0.05) is 19.3 Å². The van der Waals surface area contributed by atoms with Crippen LogP contribution in [0.4, 0.5) is 0 Å². The van der Waals surface area contributed by atoms with Crippen molar-refractivity contribution in [1.29, 1.82) is 0 Å². The van der Waals surface area contributed by atoms with Crippen LogP contribution in [0.25, 0.3) is 0 Å². The Morgan fingerprint density at radius 2 is 2.00 bits per heavy atom. The Morgan fingerprint density at radius 1 is 1.20 bits per heavy atom. The summed E-state index contributed by atoms with van der Waals surface area (Å²) in [5, 5.41) is 9.92. The third-order valence-corrected chi connectivity index (χ3v) is 3.67. The van der Waals surface area contributed by atoms with Gasteiger partial charge in [-0.25, -0.2) is 0 Å². The molecule has 2 aliphatic rings. The van der Waals surface area contributed by atoms with Crippen molar-refractivity contribution in [2.45, 2.75) is 44.1 Å². The molecule has 15 heavy (non-hydrogen) atoms. The molecule has 0 saturated carbocycles. The second kappa shape index (κ2) is 4.78. The number of aliphatic hydroxyl groups excluding tert-OH is 1. The minimum absolute atomic E-state index is 0.132. The number of ether oxygens (including phenoxy) is 2. The van der Waals surface area contributed by atoms with Crippen LogP contribution < -0.4 is 0 Å². The highest BCUT2D eigenvalue weighted by molar-refractivity contribution is 4.88. The third kappa shape index (κ3) is 2.33. The maximum absolute atomic E-state index is 9.92. The molecule has 0 aromatic rings. The average Bonchev–Trinajstić information content (AvgIpc) is 2.64. The average molecular weight is 215 g/mol. The number of hydrogen-bond acceptors (Lipinski definition) is 4. The van der Waals surface area contributed by atoms with Crippen LogP contribution in [0, 0.1) is 0 Å². The van der Waals surface area contributed by atoms with Crippen LogP contribution >= 0.6 is 0 Å². The van der Waals surface area contributed by atoms with Gasteiger partial charge in [0.05, 0.1) is 24.9 Å². The van der Waals surface area contributed by atoms with E-state index in [-0.39, 0.29) is 18.2 Å². The summed E-state index contributed by atoms with van der Waals surface area (Å²) in [5.41, 5.74) is 0. The summed E-state index contributed by atoms with van der Waals surface area (Å²) in [6.45, 7) is 4.26. The first-order valence-electron chi connectivity index (χ1n) is 5.79. The lowest BCUT2D eigenvalue weighted by Gasteiger charge is -2.39. The molecule has 2 fully saturated rings. The van der Waals surface area contributed by atoms with Crippen molar-refractivity contribution in [2.24, 2.45) is 0 Å². The Kier molecular flexibility index (Phi) is 3.61. The number of likely N-dealkylation sites (N-methyl/N-ethyl adjacent to an activating group) is 1. The van der Waals surface area contributed by atoms with Crippen molar-refractivity contribution in [3.05, 3.63) is 0 Å². The minimum Gasteiger partial charge on any atom is -0.391 e. The van der Waals surface area contributed by atoms with Gasteiger partial charge in [-0.1, -0.05) is 0 Å². The zero-order valence-electron chi connectivity index (χ0n) is 9.56. The SMILES string of the molecule is CC1OCCC1N(C)C1COCCC1O. The van der Waals surface area contributed by atoms with Gasteiger partial charge in [0.15, 0.2) is 0 Å².